The number of unbranched alkanes of at least 4 members (excludes halogenated alkanes) is 7. The number of ether oxygens (including phenoxy) is 3. The molecule has 0 aliphatic rings. The summed E-state index contributed by atoms with van der Waals surface area (Å²) in [6.45, 7) is 4.20. The summed E-state index contributed by atoms with van der Waals surface area (Å²) in [7, 11) is 4.70. The van der Waals surface area contributed by atoms with E-state index in [1.54, 1.807) is 14.2 Å². The molecule has 4 nitrogen and oxygen atoms in total. The standard InChI is InChI=1S/C20H34O4/c1-6-7-8-9-10-11-12-13-14-16-15(2)18(22-3)20(24-5)19(23-4)17(16)21/h21H,6-14H2,1-5H3. The van der Waals surface area contributed by atoms with Crippen LogP contribution in [0.25, 0.3) is 0 Å². The monoisotopic (exact) mass is 338 g/mol. The van der Waals surface area contributed by atoms with Gasteiger partial charge in [0.25, 0.3) is 0 Å². The lowest BCUT2D eigenvalue weighted by Crippen LogP contribution is -2.02. The fourth-order valence-electron chi connectivity index (χ4n) is 3.19. The van der Waals surface area contributed by atoms with Crippen LogP contribution in [0.15, 0.2) is 0 Å². The summed E-state index contributed by atoms with van der Waals surface area (Å²) in [4.78, 5) is 0. The van der Waals surface area contributed by atoms with Gasteiger partial charge in [-0.15, -0.1) is 0 Å². The zero-order valence-electron chi connectivity index (χ0n) is 16.0. The van der Waals surface area contributed by atoms with E-state index in [4.69, 9.17) is 14.2 Å². The number of methoxy groups -OCH3 is 3. The first kappa shape index (κ1) is 20.5. The Balaban J connectivity index is 2.68. The van der Waals surface area contributed by atoms with Crippen LogP contribution in [0.2, 0.25) is 0 Å². The lowest BCUT2D eigenvalue weighted by Gasteiger charge is -2.19. The minimum atomic E-state index is 0.176. The first-order valence-corrected chi connectivity index (χ1v) is 9.12. The number of hydrogen-bond donors (Lipinski definition) is 1. The SMILES string of the molecule is CCCCCCCCCCc1c(C)c(OC)c(OC)c(OC)c1O. The summed E-state index contributed by atoms with van der Waals surface area (Å²) >= 11 is 0. The van der Waals surface area contributed by atoms with E-state index < -0.39 is 0 Å². The van der Waals surface area contributed by atoms with Crippen molar-refractivity contribution in [3.8, 4) is 23.0 Å². The Morgan fingerprint density at radius 2 is 1.21 bits per heavy atom. The maximum atomic E-state index is 10.5. The normalized spacial score (nSPS) is 10.7. The lowest BCUT2D eigenvalue weighted by molar-refractivity contribution is 0.307. The Bertz CT molecular complexity index is 466. The van der Waals surface area contributed by atoms with Gasteiger partial charge in [-0.05, 0) is 19.8 Å². The molecule has 0 aliphatic heterocycles. The van der Waals surface area contributed by atoms with Crippen molar-refractivity contribution in [2.24, 2.45) is 0 Å². The molecule has 1 N–H and O–H groups in total. The average molecular weight is 338 g/mol. The fourth-order valence-corrected chi connectivity index (χ4v) is 3.19. The van der Waals surface area contributed by atoms with Crippen LogP contribution >= 0.6 is 0 Å². The Kier molecular flexibility index (Phi) is 9.43. The average Bonchev–Trinajstić information content (AvgIpc) is 2.59. The van der Waals surface area contributed by atoms with Crippen molar-refractivity contribution in [1.82, 2.24) is 0 Å². The molecule has 1 rings (SSSR count). The second kappa shape index (κ2) is 11.1. The van der Waals surface area contributed by atoms with Gasteiger partial charge in [-0.3, -0.25) is 0 Å². The van der Waals surface area contributed by atoms with E-state index in [2.05, 4.69) is 6.92 Å². The van der Waals surface area contributed by atoms with Crippen molar-refractivity contribution in [1.29, 1.82) is 0 Å². The molecule has 0 spiro atoms. The predicted molar refractivity (Wildman–Crippen MR) is 98.8 cm³/mol. The van der Waals surface area contributed by atoms with Crippen LogP contribution in [-0.4, -0.2) is 26.4 Å². The Hall–Kier alpha value is -1.58. The molecular weight excluding hydrogens is 304 g/mol. The van der Waals surface area contributed by atoms with Crippen molar-refractivity contribution in [3.63, 3.8) is 0 Å². The molecule has 1 aromatic carbocycles. The van der Waals surface area contributed by atoms with E-state index in [0.717, 1.165) is 24.0 Å². The zero-order valence-corrected chi connectivity index (χ0v) is 16.0. The van der Waals surface area contributed by atoms with Gasteiger partial charge >= 0.3 is 0 Å². The quantitative estimate of drug-likeness (QED) is 0.518. The molecule has 0 aromatic heterocycles. The zero-order chi connectivity index (χ0) is 17.9. The maximum Gasteiger partial charge on any atom is 0.207 e. The first-order chi connectivity index (χ1) is 11.6. The van der Waals surface area contributed by atoms with Crippen molar-refractivity contribution in [2.45, 2.75) is 71.6 Å². The van der Waals surface area contributed by atoms with Gasteiger partial charge in [-0.2, -0.15) is 0 Å². The molecule has 0 radical (unpaired) electrons. The van der Waals surface area contributed by atoms with Crippen molar-refractivity contribution in [3.05, 3.63) is 11.1 Å². The number of phenols is 1. The van der Waals surface area contributed by atoms with Gasteiger partial charge in [0.15, 0.2) is 11.5 Å². The molecule has 0 saturated carbocycles. The summed E-state index contributed by atoms with van der Waals surface area (Å²) in [5.74, 6) is 1.63. The van der Waals surface area contributed by atoms with Gasteiger partial charge < -0.3 is 19.3 Å². The van der Waals surface area contributed by atoms with Gasteiger partial charge in [-0.25, -0.2) is 0 Å². The van der Waals surface area contributed by atoms with E-state index in [0.29, 0.717) is 17.2 Å². The Morgan fingerprint density at radius 1 is 0.708 bits per heavy atom. The molecule has 4 heteroatoms. The fraction of sp³-hybridized carbons (Fsp3) is 0.700. The lowest BCUT2D eigenvalue weighted by atomic mass is 9.98. The molecule has 0 unspecified atom stereocenters. The number of benzene rings is 1. The second-order valence-electron chi connectivity index (χ2n) is 6.28. The molecule has 138 valence electrons. The van der Waals surface area contributed by atoms with Gasteiger partial charge in [0.1, 0.15) is 0 Å². The van der Waals surface area contributed by atoms with E-state index in [9.17, 15) is 5.11 Å². The molecule has 0 amide bonds. The predicted octanol–water partition coefficient (Wildman–Crippen LogP) is 5.41. The van der Waals surface area contributed by atoms with Gasteiger partial charge in [-0.1, -0.05) is 51.9 Å². The van der Waals surface area contributed by atoms with Crippen molar-refractivity contribution < 1.29 is 19.3 Å². The van der Waals surface area contributed by atoms with Gasteiger partial charge in [0.05, 0.1) is 21.3 Å². The number of phenolic OH excluding ortho intramolecular Hbond substituents is 1. The highest BCUT2D eigenvalue weighted by Crippen LogP contribution is 2.49. The first-order valence-electron chi connectivity index (χ1n) is 9.12. The highest BCUT2D eigenvalue weighted by Gasteiger charge is 2.23. The summed E-state index contributed by atoms with van der Waals surface area (Å²) in [5.41, 5.74) is 1.83. The van der Waals surface area contributed by atoms with Crippen LogP contribution in [-0.2, 0) is 6.42 Å². The number of hydrogen-bond acceptors (Lipinski definition) is 4. The number of rotatable bonds is 12. The third kappa shape index (κ3) is 5.22. The van der Waals surface area contributed by atoms with E-state index in [-0.39, 0.29) is 5.75 Å². The Morgan fingerprint density at radius 3 is 1.71 bits per heavy atom. The molecule has 0 fully saturated rings. The van der Waals surface area contributed by atoms with Crippen LogP contribution < -0.4 is 14.2 Å². The van der Waals surface area contributed by atoms with Gasteiger partial charge in [0.2, 0.25) is 11.5 Å². The summed E-state index contributed by atoms with van der Waals surface area (Å²) < 4.78 is 16.2. The molecule has 0 bridgehead atoms. The molecule has 0 heterocycles. The molecule has 1 aromatic rings. The second-order valence-corrected chi connectivity index (χ2v) is 6.28. The van der Waals surface area contributed by atoms with Crippen molar-refractivity contribution in [2.75, 3.05) is 21.3 Å². The Labute approximate surface area is 147 Å². The van der Waals surface area contributed by atoms with E-state index >= 15 is 0 Å². The largest absolute Gasteiger partial charge is 0.504 e. The smallest absolute Gasteiger partial charge is 0.207 e. The summed E-state index contributed by atoms with van der Waals surface area (Å²) in [5, 5.41) is 10.5. The third-order valence-corrected chi connectivity index (χ3v) is 4.60. The van der Waals surface area contributed by atoms with Crippen LogP contribution in [0.5, 0.6) is 23.0 Å². The molecule has 0 atom stereocenters. The van der Waals surface area contributed by atoms with Crippen LogP contribution in [0.4, 0.5) is 0 Å². The van der Waals surface area contributed by atoms with E-state index in [1.165, 1.54) is 52.1 Å². The molecule has 0 saturated heterocycles. The van der Waals surface area contributed by atoms with E-state index in [1.807, 2.05) is 6.92 Å². The van der Waals surface area contributed by atoms with Crippen LogP contribution in [0, 0.1) is 6.92 Å². The van der Waals surface area contributed by atoms with Gasteiger partial charge in [0, 0.05) is 11.1 Å². The highest BCUT2D eigenvalue weighted by molar-refractivity contribution is 5.66. The third-order valence-electron chi connectivity index (χ3n) is 4.60. The summed E-state index contributed by atoms with van der Waals surface area (Å²) in [6.07, 6.45) is 10.9. The highest BCUT2D eigenvalue weighted by atomic mass is 16.5. The minimum Gasteiger partial charge on any atom is -0.504 e. The topological polar surface area (TPSA) is 47.9 Å². The van der Waals surface area contributed by atoms with Crippen molar-refractivity contribution >= 4 is 0 Å². The maximum absolute atomic E-state index is 10.5. The van der Waals surface area contributed by atoms with Crippen LogP contribution in [0.3, 0.4) is 0 Å². The minimum absolute atomic E-state index is 0.176. The molecule has 24 heavy (non-hydrogen) atoms. The molecule has 0 aliphatic carbocycles. The van der Waals surface area contributed by atoms with Crippen LogP contribution in [0.1, 0.15) is 69.4 Å². The molecular formula is C20H34O4. The number of aromatic hydroxyl groups is 1. The summed E-state index contributed by atoms with van der Waals surface area (Å²) in [6, 6.07) is 0.